The monoisotopic (exact) mass is 346 g/mol. The van der Waals surface area contributed by atoms with Crippen molar-refractivity contribution in [2.45, 2.75) is 13.5 Å². The summed E-state index contributed by atoms with van der Waals surface area (Å²) in [6.07, 6.45) is 1.58. The van der Waals surface area contributed by atoms with Crippen LogP contribution in [0.2, 0.25) is 0 Å². The molecule has 1 aromatic carbocycles. The molecule has 23 heavy (non-hydrogen) atoms. The number of hydrogen-bond donors (Lipinski definition) is 0. The second kappa shape index (κ2) is 6.98. The van der Waals surface area contributed by atoms with Gasteiger partial charge >= 0.3 is 0 Å². The molecule has 0 spiro atoms. The number of benzene rings is 1. The third-order valence-electron chi connectivity index (χ3n) is 3.38. The number of rotatable bonds is 5. The number of furan rings is 1. The van der Waals surface area contributed by atoms with Gasteiger partial charge in [0.15, 0.2) is 5.13 Å². The van der Waals surface area contributed by atoms with E-state index in [9.17, 15) is 4.79 Å². The van der Waals surface area contributed by atoms with Crippen LogP contribution < -0.4 is 4.90 Å². The maximum atomic E-state index is 12.1. The summed E-state index contributed by atoms with van der Waals surface area (Å²) in [5, 5.41) is 2.55. The molecule has 3 rings (SSSR count). The lowest BCUT2D eigenvalue weighted by atomic mass is 10.1. The Kier molecular flexibility index (Phi) is 4.79. The molecule has 1 amide bonds. The van der Waals surface area contributed by atoms with Gasteiger partial charge in [-0.2, -0.15) is 0 Å². The lowest BCUT2D eigenvalue weighted by molar-refractivity contribution is -0.116. The van der Waals surface area contributed by atoms with Crippen LogP contribution in [0.4, 0.5) is 5.13 Å². The quantitative estimate of drug-likeness (QED) is 0.640. The van der Waals surface area contributed by atoms with Crippen LogP contribution in [0.3, 0.4) is 0 Å². The lowest BCUT2D eigenvalue weighted by Gasteiger charge is -2.17. The zero-order valence-corrected chi connectivity index (χ0v) is 14.1. The number of carbonyl (C=O) groups excluding carboxylic acids is 1. The van der Waals surface area contributed by atoms with E-state index in [4.69, 9.17) is 16.0 Å². The van der Waals surface area contributed by atoms with Crippen molar-refractivity contribution in [2.24, 2.45) is 0 Å². The molecule has 0 atom stereocenters. The number of aromatic nitrogens is 1. The first kappa shape index (κ1) is 15.8. The Labute approximate surface area is 143 Å². The van der Waals surface area contributed by atoms with Crippen LogP contribution >= 0.6 is 22.9 Å². The highest BCUT2D eigenvalue weighted by Crippen LogP contribution is 2.29. The Balaban J connectivity index is 1.88. The average molecular weight is 347 g/mol. The summed E-state index contributed by atoms with van der Waals surface area (Å²) in [4.78, 5) is 18.3. The van der Waals surface area contributed by atoms with E-state index in [1.54, 1.807) is 17.2 Å². The van der Waals surface area contributed by atoms with Crippen molar-refractivity contribution in [3.8, 4) is 11.3 Å². The van der Waals surface area contributed by atoms with Crippen LogP contribution in [-0.2, 0) is 11.3 Å². The van der Waals surface area contributed by atoms with Gasteiger partial charge in [0.2, 0.25) is 5.91 Å². The van der Waals surface area contributed by atoms with Gasteiger partial charge in [-0.15, -0.1) is 22.9 Å². The van der Waals surface area contributed by atoms with Gasteiger partial charge in [0.1, 0.15) is 11.6 Å². The first-order valence-corrected chi connectivity index (χ1v) is 8.50. The molecule has 6 heteroatoms. The van der Waals surface area contributed by atoms with E-state index < -0.39 is 0 Å². The van der Waals surface area contributed by atoms with E-state index in [2.05, 4.69) is 4.98 Å². The van der Waals surface area contributed by atoms with E-state index in [0.29, 0.717) is 17.4 Å². The fourth-order valence-electron chi connectivity index (χ4n) is 2.14. The number of hydrogen-bond acceptors (Lipinski definition) is 4. The fourth-order valence-corrected chi connectivity index (χ4v) is 3.13. The first-order valence-electron chi connectivity index (χ1n) is 7.08. The normalized spacial score (nSPS) is 10.7. The fraction of sp³-hybridized carbons (Fsp3) is 0.176. The van der Waals surface area contributed by atoms with E-state index in [1.165, 1.54) is 16.9 Å². The molecular weight excluding hydrogens is 332 g/mol. The van der Waals surface area contributed by atoms with E-state index >= 15 is 0 Å². The molecule has 0 aliphatic heterocycles. The smallest absolute Gasteiger partial charge is 0.244 e. The van der Waals surface area contributed by atoms with Crippen LogP contribution in [0, 0.1) is 6.92 Å². The van der Waals surface area contributed by atoms with Crippen molar-refractivity contribution >= 4 is 34.0 Å². The summed E-state index contributed by atoms with van der Waals surface area (Å²) in [6.45, 7) is 2.36. The van der Waals surface area contributed by atoms with Crippen LogP contribution in [0.15, 0.2) is 52.5 Å². The molecule has 3 aromatic rings. The van der Waals surface area contributed by atoms with Gasteiger partial charge in [-0.3, -0.25) is 9.69 Å². The Bertz CT molecular complexity index is 781. The maximum absolute atomic E-state index is 12.1. The molecule has 2 heterocycles. The van der Waals surface area contributed by atoms with Crippen molar-refractivity contribution in [1.29, 1.82) is 0 Å². The molecule has 118 valence electrons. The van der Waals surface area contributed by atoms with Gasteiger partial charge in [0, 0.05) is 10.9 Å². The highest BCUT2D eigenvalue weighted by molar-refractivity contribution is 7.14. The van der Waals surface area contributed by atoms with Gasteiger partial charge in [-0.25, -0.2) is 4.98 Å². The minimum atomic E-state index is -0.201. The lowest BCUT2D eigenvalue weighted by Crippen LogP contribution is -2.31. The molecule has 0 N–H and O–H groups in total. The molecule has 2 aromatic heterocycles. The Morgan fingerprint density at radius 2 is 2.09 bits per heavy atom. The average Bonchev–Trinajstić information content (AvgIpc) is 3.24. The van der Waals surface area contributed by atoms with Gasteiger partial charge in [0.05, 0.1) is 18.5 Å². The van der Waals surface area contributed by atoms with Crippen molar-refractivity contribution in [1.82, 2.24) is 4.98 Å². The third kappa shape index (κ3) is 3.63. The Morgan fingerprint density at radius 3 is 2.74 bits per heavy atom. The molecule has 0 saturated heterocycles. The van der Waals surface area contributed by atoms with Crippen molar-refractivity contribution in [3.63, 3.8) is 0 Å². The molecule has 0 saturated carbocycles. The number of nitrogens with zero attached hydrogens (tertiary/aromatic N) is 2. The summed E-state index contributed by atoms with van der Waals surface area (Å²) in [7, 11) is 0. The predicted molar refractivity (Wildman–Crippen MR) is 92.9 cm³/mol. The zero-order chi connectivity index (χ0) is 16.2. The Hall–Kier alpha value is -2.11. The molecule has 0 unspecified atom stereocenters. The van der Waals surface area contributed by atoms with Crippen LogP contribution in [0.25, 0.3) is 11.3 Å². The molecule has 0 aliphatic rings. The number of carbonyl (C=O) groups is 1. The highest BCUT2D eigenvalue weighted by Gasteiger charge is 2.20. The van der Waals surface area contributed by atoms with Crippen molar-refractivity contribution < 1.29 is 9.21 Å². The number of thiazole rings is 1. The SMILES string of the molecule is Cc1ccc(-c2csc(N(Cc3ccco3)C(=O)CCl)n2)cc1. The maximum Gasteiger partial charge on any atom is 0.244 e. The molecular formula is C17H15ClN2O2S. The van der Waals surface area contributed by atoms with Gasteiger partial charge < -0.3 is 4.42 Å². The third-order valence-corrected chi connectivity index (χ3v) is 4.47. The van der Waals surface area contributed by atoms with Crippen molar-refractivity contribution in [3.05, 3.63) is 59.4 Å². The highest BCUT2D eigenvalue weighted by atomic mass is 35.5. The standard InChI is InChI=1S/C17H15ClN2O2S/c1-12-4-6-13(7-5-12)15-11-23-17(19-15)20(16(21)9-18)10-14-3-2-8-22-14/h2-8,11H,9-10H2,1H3. The number of halogens is 1. The summed E-state index contributed by atoms with van der Waals surface area (Å²) in [6, 6.07) is 11.7. The Morgan fingerprint density at radius 1 is 1.30 bits per heavy atom. The van der Waals surface area contributed by atoms with Crippen LogP contribution in [-0.4, -0.2) is 16.8 Å². The minimum absolute atomic E-state index is 0.0971. The van der Waals surface area contributed by atoms with E-state index in [0.717, 1.165) is 11.3 Å². The van der Waals surface area contributed by atoms with Crippen LogP contribution in [0.1, 0.15) is 11.3 Å². The molecule has 0 fully saturated rings. The summed E-state index contributed by atoms with van der Waals surface area (Å²) in [5.74, 6) is 0.392. The number of alkyl halides is 1. The minimum Gasteiger partial charge on any atom is -0.467 e. The largest absolute Gasteiger partial charge is 0.467 e. The van der Waals surface area contributed by atoms with E-state index in [-0.39, 0.29) is 11.8 Å². The molecule has 0 radical (unpaired) electrons. The number of aryl methyl sites for hydroxylation is 1. The molecule has 4 nitrogen and oxygen atoms in total. The summed E-state index contributed by atoms with van der Waals surface area (Å²) < 4.78 is 5.32. The second-order valence-corrected chi connectivity index (χ2v) is 6.18. The van der Waals surface area contributed by atoms with Gasteiger partial charge in [0.25, 0.3) is 0 Å². The number of anilines is 1. The topological polar surface area (TPSA) is 46.3 Å². The molecule has 0 aliphatic carbocycles. The first-order chi connectivity index (χ1) is 11.2. The second-order valence-electron chi connectivity index (χ2n) is 5.07. The van der Waals surface area contributed by atoms with Crippen molar-refractivity contribution in [2.75, 3.05) is 10.8 Å². The van der Waals surface area contributed by atoms with E-state index in [1.807, 2.05) is 42.6 Å². The number of amides is 1. The predicted octanol–water partition coefficient (Wildman–Crippen LogP) is 4.48. The summed E-state index contributed by atoms with van der Waals surface area (Å²) >= 11 is 7.15. The summed E-state index contributed by atoms with van der Waals surface area (Å²) in [5.41, 5.74) is 3.06. The van der Waals surface area contributed by atoms with Crippen LogP contribution in [0.5, 0.6) is 0 Å². The molecule has 0 bridgehead atoms. The zero-order valence-electron chi connectivity index (χ0n) is 12.5. The van der Waals surface area contributed by atoms with Gasteiger partial charge in [-0.1, -0.05) is 29.8 Å². The van der Waals surface area contributed by atoms with Gasteiger partial charge in [-0.05, 0) is 19.1 Å².